The lowest BCUT2D eigenvalue weighted by Crippen LogP contribution is -2.54. The van der Waals surface area contributed by atoms with E-state index in [1.54, 1.807) is 0 Å². The lowest BCUT2D eigenvalue weighted by molar-refractivity contribution is -0.128. The van der Waals surface area contributed by atoms with Crippen molar-refractivity contribution in [2.45, 2.75) is 17.5 Å². The van der Waals surface area contributed by atoms with Gasteiger partial charge in [0.05, 0.1) is 4.90 Å². The number of nitrogens with two attached hydrogens (primary N) is 2. The highest BCUT2D eigenvalue weighted by Gasteiger charge is 2.23. The van der Waals surface area contributed by atoms with Crippen molar-refractivity contribution in [1.29, 1.82) is 0 Å². The van der Waals surface area contributed by atoms with Gasteiger partial charge in [-0.2, -0.15) is 0 Å². The zero-order valence-electron chi connectivity index (χ0n) is 11.7. The van der Waals surface area contributed by atoms with Crippen molar-refractivity contribution in [3.63, 3.8) is 0 Å². The molecule has 0 saturated heterocycles. The number of carbonyl (C=O) groups excluding carboxylic acids is 3. The van der Waals surface area contributed by atoms with Gasteiger partial charge in [0.1, 0.15) is 0 Å². The van der Waals surface area contributed by atoms with Gasteiger partial charge in [-0.3, -0.25) is 9.59 Å². The van der Waals surface area contributed by atoms with E-state index in [1.807, 2.05) is 5.32 Å². The molecule has 0 saturated carbocycles. The molecule has 120 valence electrons. The van der Waals surface area contributed by atoms with Gasteiger partial charge in [0.2, 0.25) is 11.8 Å². The molecule has 0 bridgehead atoms. The van der Waals surface area contributed by atoms with Gasteiger partial charge < -0.3 is 22.1 Å². The second kappa shape index (κ2) is 6.89. The molecule has 0 aliphatic heterocycles. The maximum absolute atomic E-state index is 11.5. The molecule has 0 aromatic heterocycles. The van der Waals surface area contributed by atoms with Gasteiger partial charge in [-0.15, -0.1) is 0 Å². The monoisotopic (exact) mass is 328 g/mol. The predicted molar refractivity (Wildman–Crippen MR) is 77.1 cm³/mol. The third-order valence-corrected chi connectivity index (χ3v) is 3.78. The Morgan fingerprint density at radius 1 is 1.09 bits per heavy atom. The number of benzene rings is 1. The van der Waals surface area contributed by atoms with Gasteiger partial charge in [-0.05, 0) is 17.7 Å². The van der Waals surface area contributed by atoms with Crippen LogP contribution in [0.15, 0.2) is 29.2 Å². The highest BCUT2D eigenvalue weighted by atomic mass is 32.2. The van der Waals surface area contributed by atoms with Crippen LogP contribution < -0.4 is 22.1 Å². The molecule has 1 aromatic rings. The summed E-state index contributed by atoms with van der Waals surface area (Å²) in [6.07, 6.45) is 1.08. The first kappa shape index (κ1) is 17.4. The van der Waals surface area contributed by atoms with Crippen LogP contribution in [0.3, 0.4) is 0 Å². The summed E-state index contributed by atoms with van der Waals surface area (Å²) in [5.41, 5.74) is 10.4. The topological polar surface area (TPSA) is 161 Å². The molecule has 9 nitrogen and oxygen atoms in total. The summed E-state index contributed by atoms with van der Waals surface area (Å²) in [5, 5.41) is 4.41. The van der Waals surface area contributed by atoms with Crippen molar-refractivity contribution in [2.24, 2.45) is 11.5 Å². The average molecular weight is 328 g/mol. The Kier molecular flexibility index (Phi) is 5.46. The second-order valence-electron chi connectivity index (χ2n) is 4.48. The van der Waals surface area contributed by atoms with Crippen molar-refractivity contribution >= 4 is 27.7 Å². The smallest absolute Gasteiger partial charge is 0.316 e. The summed E-state index contributed by atoms with van der Waals surface area (Å²) in [5.74, 6) is -2.14. The standard InChI is InChI=1S/C12H16N4O5S/c1-22(20,21)8-4-2-7(3-5-8)6-15-12(19)16-9(10(13)17)11(14)18/h2-5,9H,6H2,1H3,(H2,13,17)(H2,14,18)(H2,15,16,19). The van der Waals surface area contributed by atoms with E-state index in [2.05, 4.69) is 5.32 Å². The second-order valence-corrected chi connectivity index (χ2v) is 6.50. The third-order valence-electron chi connectivity index (χ3n) is 2.65. The summed E-state index contributed by atoms with van der Waals surface area (Å²) in [6.45, 7) is 0.0557. The normalized spacial score (nSPS) is 11.0. The minimum atomic E-state index is -3.29. The number of hydrogen-bond donors (Lipinski definition) is 4. The molecule has 0 aliphatic rings. The average Bonchev–Trinajstić information content (AvgIpc) is 2.41. The van der Waals surface area contributed by atoms with Gasteiger partial charge in [0.15, 0.2) is 15.9 Å². The Labute approximate surface area is 127 Å². The number of amides is 4. The molecule has 6 N–H and O–H groups in total. The first-order chi connectivity index (χ1) is 10.1. The van der Waals surface area contributed by atoms with Gasteiger partial charge in [0, 0.05) is 12.8 Å². The molecule has 1 rings (SSSR count). The molecule has 0 spiro atoms. The van der Waals surface area contributed by atoms with Crippen LogP contribution in [-0.2, 0) is 26.0 Å². The number of primary amides is 2. The molecule has 0 aliphatic carbocycles. The Hall–Kier alpha value is -2.62. The predicted octanol–water partition coefficient (Wildman–Crippen LogP) is -1.77. The molecule has 22 heavy (non-hydrogen) atoms. The molecule has 4 amide bonds. The Bertz CT molecular complexity index is 670. The summed E-state index contributed by atoms with van der Waals surface area (Å²) < 4.78 is 22.6. The molecule has 0 atom stereocenters. The fourth-order valence-corrected chi connectivity index (χ4v) is 2.13. The molecule has 0 heterocycles. The fraction of sp³-hybridized carbons (Fsp3) is 0.250. The van der Waals surface area contributed by atoms with Gasteiger partial charge >= 0.3 is 6.03 Å². The van der Waals surface area contributed by atoms with E-state index in [9.17, 15) is 22.8 Å². The summed E-state index contributed by atoms with van der Waals surface area (Å²) in [4.78, 5) is 33.5. The van der Waals surface area contributed by atoms with E-state index < -0.39 is 33.7 Å². The van der Waals surface area contributed by atoms with Crippen molar-refractivity contribution < 1.29 is 22.8 Å². The maximum Gasteiger partial charge on any atom is 0.316 e. The number of nitrogens with one attached hydrogen (secondary N) is 2. The van der Waals surface area contributed by atoms with E-state index in [0.29, 0.717) is 5.56 Å². The number of carbonyl (C=O) groups is 3. The largest absolute Gasteiger partial charge is 0.367 e. The SMILES string of the molecule is CS(=O)(=O)c1ccc(CNC(=O)NC(C(N)=O)C(N)=O)cc1. The van der Waals surface area contributed by atoms with Crippen molar-refractivity contribution in [3.8, 4) is 0 Å². The first-order valence-electron chi connectivity index (χ1n) is 6.03. The molecular weight excluding hydrogens is 312 g/mol. The van der Waals surface area contributed by atoms with Crippen LogP contribution in [0.5, 0.6) is 0 Å². The van der Waals surface area contributed by atoms with E-state index in [0.717, 1.165) is 6.26 Å². The Morgan fingerprint density at radius 3 is 2.00 bits per heavy atom. The zero-order chi connectivity index (χ0) is 16.9. The minimum absolute atomic E-state index is 0.0557. The van der Waals surface area contributed by atoms with Crippen LogP contribution >= 0.6 is 0 Å². The summed E-state index contributed by atoms with van der Waals surface area (Å²) in [6, 6.07) is 3.44. The molecule has 0 unspecified atom stereocenters. The van der Waals surface area contributed by atoms with E-state index in [-0.39, 0.29) is 11.4 Å². The van der Waals surface area contributed by atoms with Crippen LogP contribution in [0.1, 0.15) is 5.56 Å². The van der Waals surface area contributed by atoms with Crippen LogP contribution in [0.2, 0.25) is 0 Å². The van der Waals surface area contributed by atoms with Gasteiger partial charge in [-0.25, -0.2) is 13.2 Å². The van der Waals surface area contributed by atoms with E-state index in [4.69, 9.17) is 11.5 Å². The molecular formula is C12H16N4O5S. The molecule has 0 radical (unpaired) electrons. The minimum Gasteiger partial charge on any atom is -0.367 e. The van der Waals surface area contributed by atoms with Crippen LogP contribution in [0.4, 0.5) is 4.79 Å². The summed E-state index contributed by atoms with van der Waals surface area (Å²) in [7, 11) is -3.29. The van der Waals surface area contributed by atoms with Crippen LogP contribution in [0, 0.1) is 0 Å². The highest BCUT2D eigenvalue weighted by molar-refractivity contribution is 7.90. The Morgan fingerprint density at radius 2 is 1.59 bits per heavy atom. The number of urea groups is 1. The van der Waals surface area contributed by atoms with Gasteiger partial charge in [-0.1, -0.05) is 12.1 Å². The van der Waals surface area contributed by atoms with Crippen LogP contribution in [0.25, 0.3) is 0 Å². The number of hydrogen-bond acceptors (Lipinski definition) is 5. The van der Waals surface area contributed by atoms with Crippen molar-refractivity contribution in [3.05, 3.63) is 29.8 Å². The lowest BCUT2D eigenvalue weighted by atomic mass is 10.2. The summed E-state index contributed by atoms with van der Waals surface area (Å²) >= 11 is 0. The fourth-order valence-electron chi connectivity index (χ4n) is 1.50. The Balaban J connectivity index is 2.61. The third kappa shape index (κ3) is 5.05. The van der Waals surface area contributed by atoms with Crippen molar-refractivity contribution in [1.82, 2.24) is 10.6 Å². The quantitative estimate of drug-likeness (QED) is 0.454. The number of rotatable bonds is 6. The van der Waals surface area contributed by atoms with Crippen LogP contribution in [-0.4, -0.2) is 38.6 Å². The van der Waals surface area contributed by atoms with Gasteiger partial charge in [0.25, 0.3) is 0 Å². The number of sulfone groups is 1. The van der Waals surface area contributed by atoms with E-state index >= 15 is 0 Å². The molecule has 0 fully saturated rings. The highest BCUT2D eigenvalue weighted by Crippen LogP contribution is 2.10. The zero-order valence-corrected chi connectivity index (χ0v) is 12.5. The lowest BCUT2D eigenvalue weighted by Gasteiger charge is -2.12. The molecule has 10 heteroatoms. The maximum atomic E-state index is 11.5. The van der Waals surface area contributed by atoms with Crippen molar-refractivity contribution in [2.75, 3.05) is 6.26 Å². The molecule has 1 aromatic carbocycles. The first-order valence-corrected chi connectivity index (χ1v) is 7.92. The van der Waals surface area contributed by atoms with E-state index in [1.165, 1.54) is 24.3 Å².